The number of carboxylic acid groups (broad SMARTS) is 1. The first-order chi connectivity index (χ1) is 8.65. The van der Waals surface area contributed by atoms with Crippen LogP contribution >= 0.6 is 0 Å². The summed E-state index contributed by atoms with van der Waals surface area (Å²) in [6.45, 7) is 3.80. The van der Waals surface area contributed by atoms with Crippen LogP contribution in [0.15, 0.2) is 0 Å². The molecule has 0 radical (unpaired) electrons. The predicted octanol–water partition coefficient (Wildman–Crippen LogP) is 1.75. The lowest BCUT2D eigenvalue weighted by atomic mass is 9.80. The van der Waals surface area contributed by atoms with Crippen LogP contribution in [0.1, 0.15) is 51.9 Å². The van der Waals surface area contributed by atoms with E-state index in [0.717, 1.165) is 25.4 Å². The maximum Gasteiger partial charge on any atom is 0.305 e. The van der Waals surface area contributed by atoms with Crippen LogP contribution in [0.2, 0.25) is 0 Å². The Kier molecular flexibility index (Phi) is 4.62. The highest BCUT2D eigenvalue weighted by molar-refractivity contribution is 5.68. The SMILES string of the molecule is CCC(NC1(CC(=O)O)CNC1)C1CCCCC1. The summed E-state index contributed by atoms with van der Waals surface area (Å²) in [5, 5.41) is 15.9. The quantitative estimate of drug-likeness (QED) is 0.676. The van der Waals surface area contributed by atoms with E-state index in [-0.39, 0.29) is 12.0 Å². The molecular formula is C14H26N2O2. The van der Waals surface area contributed by atoms with Gasteiger partial charge in [-0.15, -0.1) is 0 Å². The summed E-state index contributed by atoms with van der Waals surface area (Å²) in [7, 11) is 0. The molecule has 1 saturated carbocycles. The fraction of sp³-hybridized carbons (Fsp3) is 0.929. The third kappa shape index (κ3) is 3.23. The number of hydrogen-bond acceptors (Lipinski definition) is 3. The van der Waals surface area contributed by atoms with Crippen molar-refractivity contribution in [2.45, 2.75) is 63.5 Å². The Morgan fingerprint density at radius 2 is 2.06 bits per heavy atom. The van der Waals surface area contributed by atoms with Crippen molar-refractivity contribution in [1.82, 2.24) is 10.6 Å². The van der Waals surface area contributed by atoms with E-state index in [1.54, 1.807) is 0 Å². The van der Waals surface area contributed by atoms with Gasteiger partial charge in [0, 0.05) is 19.1 Å². The highest BCUT2D eigenvalue weighted by atomic mass is 16.4. The summed E-state index contributed by atoms with van der Waals surface area (Å²) in [5.41, 5.74) is -0.191. The molecule has 18 heavy (non-hydrogen) atoms. The minimum atomic E-state index is -0.692. The molecule has 2 aliphatic rings. The van der Waals surface area contributed by atoms with Gasteiger partial charge in [0.05, 0.1) is 12.0 Å². The molecule has 0 aromatic carbocycles. The fourth-order valence-corrected chi connectivity index (χ4v) is 3.48. The monoisotopic (exact) mass is 254 g/mol. The van der Waals surface area contributed by atoms with Crippen molar-refractivity contribution in [1.29, 1.82) is 0 Å². The first-order valence-electron chi connectivity index (χ1n) is 7.35. The van der Waals surface area contributed by atoms with E-state index >= 15 is 0 Å². The summed E-state index contributed by atoms with van der Waals surface area (Å²) < 4.78 is 0. The molecule has 0 aromatic rings. The predicted molar refractivity (Wildman–Crippen MR) is 71.6 cm³/mol. The van der Waals surface area contributed by atoms with Crippen LogP contribution in [0.25, 0.3) is 0 Å². The van der Waals surface area contributed by atoms with Crippen LogP contribution in [0.5, 0.6) is 0 Å². The van der Waals surface area contributed by atoms with Gasteiger partial charge in [0.1, 0.15) is 0 Å². The Morgan fingerprint density at radius 3 is 2.50 bits per heavy atom. The fourth-order valence-electron chi connectivity index (χ4n) is 3.48. The van der Waals surface area contributed by atoms with Gasteiger partial charge in [-0.25, -0.2) is 0 Å². The van der Waals surface area contributed by atoms with E-state index in [0.29, 0.717) is 6.04 Å². The molecule has 1 unspecified atom stereocenters. The molecule has 0 spiro atoms. The highest BCUT2D eigenvalue weighted by Gasteiger charge is 2.41. The third-order valence-electron chi connectivity index (χ3n) is 4.57. The van der Waals surface area contributed by atoms with Crippen LogP contribution in [0.4, 0.5) is 0 Å². The van der Waals surface area contributed by atoms with Crippen molar-refractivity contribution in [3.8, 4) is 0 Å². The molecule has 0 amide bonds. The van der Waals surface area contributed by atoms with Crippen molar-refractivity contribution in [3.63, 3.8) is 0 Å². The zero-order valence-electron chi connectivity index (χ0n) is 11.4. The minimum absolute atomic E-state index is 0.191. The second kappa shape index (κ2) is 6.02. The van der Waals surface area contributed by atoms with Gasteiger partial charge in [0.2, 0.25) is 0 Å². The summed E-state index contributed by atoms with van der Waals surface area (Å²) >= 11 is 0. The summed E-state index contributed by atoms with van der Waals surface area (Å²) in [6, 6.07) is 0.492. The lowest BCUT2D eigenvalue weighted by molar-refractivity contribution is -0.139. The first kappa shape index (κ1) is 13.8. The second-order valence-electron chi connectivity index (χ2n) is 6.01. The largest absolute Gasteiger partial charge is 0.481 e. The smallest absolute Gasteiger partial charge is 0.305 e. The molecular weight excluding hydrogens is 228 g/mol. The molecule has 1 atom stereocenters. The van der Waals surface area contributed by atoms with E-state index in [9.17, 15) is 4.79 Å². The summed E-state index contributed by atoms with van der Waals surface area (Å²) in [4.78, 5) is 11.0. The van der Waals surface area contributed by atoms with Crippen molar-refractivity contribution in [2.24, 2.45) is 5.92 Å². The first-order valence-corrected chi connectivity index (χ1v) is 7.35. The summed E-state index contributed by atoms with van der Waals surface area (Å²) in [5.74, 6) is 0.0533. The Balaban J connectivity index is 1.93. The van der Waals surface area contributed by atoms with Gasteiger partial charge in [0.25, 0.3) is 0 Å². The standard InChI is InChI=1S/C14H26N2O2/c1-2-12(11-6-4-3-5-7-11)16-14(8-13(17)18)9-15-10-14/h11-12,15-16H,2-10H2,1H3,(H,17,18). The molecule has 0 aromatic heterocycles. The van der Waals surface area contributed by atoms with Crippen LogP contribution in [-0.4, -0.2) is 35.7 Å². The maximum absolute atomic E-state index is 11.0. The van der Waals surface area contributed by atoms with Crippen molar-refractivity contribution in [2.75, 3.05) is 13.1 Å². The maximum atomic E-state index is 11.0. The molecule has 4 heteroatoms. The third-order valence-corrected chi connectivity index (χ3v) is 4.57. The molecule has 1 aliphatic heterocycles. The van der Waals surface area contributed by atoms with Crippen LogP contribution < -0.4 is 10.6 Å². The highest BCUT2D eigenvalue weighted by Crippen LogP contribution is 2.30. The molecule has 3 N–H and O–H groups in total. The number of aliphatic carboxylic acids is 1. The molecule has 4 nitrogen and oxygen atoms in total. The Hall–Kier alpha value is -0.610. The second-order valence-corrected chi connectivity index (χ2v) is 6.01. The normalized spacial score (nSPS) is 25.4. The van der Waals surface area contributed by atoms with Gasteiger partial charge >= 0.3 is 5.97 Å². The van der Waals surface area contributed by atoms with Gasteiger partial charge in [0.15, 0.2) is 0 Å². The van der Waals surface area contributed by atoms with Gasteiger partial charge in [-0.1, -0.05) is 26.2 Å². The summed E-state index contributed by atoms with van der Waals surface area (Å²) in [6.07, 6.45) is 8.01. The Bertz CT molecular complexity index is 284. The van der Waals surface area contributed by atoms with Crippen molar-refractivity contribution in [3.05, 3.63) is 0 Å². The van der Waals surface area contributed by atoms with Crippen molar-refractivity contribution < 1.29 is 9.90 Å². The Labute approximate surface area is 110 Å². The topological polar surface area (TPSA) is 61.4 Å². The average Bonchev–Trinajstić information content (AvgIpc) is 2.33. The number of carboxylic acids is 1. The van der Waals surface area contributed by atoms with Gasteiger partial charge in [-0.05, 0) is 25.2 Å². The zero-order valence-corrected chi connectivity index (χ0v) is 11.4. The van der Waals surface area contributed by atoms with E-state index in [1.807, 2.05) is 0 Å². The molecule has 2 rings (SSSR count). The Morgan fingerprint density at radius 1 is 1.39 bits per heavy atom. The van der Waals surface area contributed by atoms with Crippen LogP contribution in [0, 0.1) is 5.92 Å². The molecule has 1 aliphatic carbocycles. The van der Waals surface area contributed by atoms with Crippen LogP contribution in [0.3, 0.4) is 0 Å². The lowest BCUT2D eigenvalue weighted by Gasteiger charge is -2.47. The molecule has 1 saturated heterocycles. The number of hydrogen-bond donors (Lipinski definition) is 3. The number of carbonyl (C=O) groups is 1. The van der Waals surface area contributed by atoms with Gasteiger partial charge in [-0.2, -0.15) is 0 Å². The van der Waals surface area contributed by atoms with E-state index in [2.05, 4.69) is 17.6 Å². The van der Waals surface area contributed by atoms with Gasteiger partial charge in [-0.3, -0.25) is 4.79 Å². The van der Waals surface area contributed by atoms with Gasteiger partial charge < -0.3 is 15.7 Å². The average molecular weight is 254 g/mol. The molecule has 104 valence electrons. The van der Waals surface area contributed by atoms with E-state index in [1.165, 1.54) is 32.1 Å². The van der Waals surface area contributed by atoms with Crippen molar-refractivity contribution >= 4 is 5.97 Å². The number of nitrogens with one attached hydrogen (secondary N) is 2. The van der Waals surface area contributed by atoms with E-state index < -0.39 is 5.97 Å². The van der Waals surface area contributed by atoms with Crippen LogP contribution in [-0.2, 0) is 4.79 Å². The molecule has 1 heterocycles. The lowest BCUT2D eigenvalue weighted by Crippen LogP contribution is -2.71. The molecule has 2 fully saturated rings. The molecule has 0 bridgehead atoms. The van der Waals surface area contributed by atoms with E-state index in [4.69, 9.17) is 5.11 Å². The zero-order chi connectivity index (χ0) is 13.0. The number of rotatable bonds is 6. The minimum Gasteiger partial charge on any atom is -0.481 e.